The lowest BCUT2D eigenvalue weighted by Gasteiger charge is -2.07. The Bertz CT molecular complexity index is 670. The number of rotatable bonds is 4. The molecule has 7 nitrogen and oxygen atoms in total. The number of pyridine rings is 1. The fourth-order valence-corrected chi connectivity index (χ4v) is 2.43. The van der Waals surface area contributed by atoms with E-state index in [9.17, 15) is 8.42 Å². The van der Waals surface area contributed by atoms with Crippen LogP contribution in [0.1, 0.15) is 11.4 Å². The number of nitrogens with two attached hydrogens (primary N) is 1. The summed E-state index contributed by atoms with van der Waals surface area (Å²) in [6.07, 6.45) is 4.45. The van der Waals surface area contributed by atoms with E-state index in [-0.39, 0.29) is 17.3 Å². The Hall–Kier alpha value is -2.06. The molecular formula is C11H13N5O2S. The van der Waals surface area contributed by atoms with Crippen molar-refractivity contribution in [3.05, 3.63) is 42.1 Å². The molecule has 100 valence electrons. The minimum Gasteiger partial charge on any atom is -0.396 e. The third kappa shape index (κ3) is 3.24. The molecule has 8 heteroatoms. The highest BCUT2D eigenvalue weighted by Gasteiger charge is 2.18. The van der Waals surface area contributed by atoms with Crippen molar-refractivity contribution in [2.45, 2.75) is 18.5 Å². The maximum absolute atomic E-state index is 12.0. The summed E-state index contributed by atoms with van der Waals surface area (Å²) in [6, 6.07) is 3.05. The number of hydrogen-bond donors (Lipinski definition) is 2. The monoisotopic (exact) mass is 279 g/mol. The fraction of sp³-hybridized carbons (Fsp3) is 0.182. The van der Waals surface area contributed by atoms with Gasteiger partial charge in [-0.25, -0.2) is 18.1 Å². The lowest BCUT2D eigenvalue weighted by atomic mass is 10.4. The average Bonchev–Trinajstić information content (AvgIpc) is 2.38. The van der Waals surface area contributed by atoms with Gasteiger partial charge in [0.2, 0.25) is 0 Å². The van der Waals surface area contributed by atoms with E-state index < -0.39 is 10.0 Å². The Morgan fingerprint density at radius 2 is 2.05 bits per heavy atom. The van der Waals surface area contributed by atoms with Crippen LogP contribution in [-0.4, -0.2) is 23.4 Å². The first kappa shape index (κ1) is 13.4. The van der Waals surface area contributed by atoms with Gasteiger partial charge in [-0.05, 0) is 19.1 Å². The molecule has 0 fully saturated rings. The van der Waals surface area contributed by atoms with E-state index >= 15 is 0 Å². The fourth-order valence-electron chi connectivity index (χ4n) is 1.38. The van der Waals surface area contributed by atoms with Gasteiger partial charge in [-0.3, -0.25) is 9.97 Å². The smallest absolute Gasteiger partial charge is 0.260 e. The number of aromatic nitrogens is 3. The Morgan fingerprint density at radius 3 is 2.68 bits per heavy atom. The number of anilines is 1. The molecule has 0 radical (unpaired) electrons. The number of nitrogens with zero attached hydrogens (tertiary/aromatic N) is 3. The van der Waals surface area contributed by atoms with Crippen LogP contribution in [0.15, 0.2) is 35.7 Å². The third-order valence-corrected chi connectivity index (χ3v) is 3.71. The van der Waals surface area contributed by atoms with Gasteiger partial charge in [-0.1, -0.05) is 0 Å². The molecule has 2 heterocycles. The molecule has 0 aliphatic rings. The summed E-state index contributed by atoms with van der Waals surface area (Å²) in [5.74, 6) is 0. The Labute approximate surface area is 111 Å². The van der Waals surface area contributed by atoms with Gasteiger partial charge < -0.3 is 5.73 Å². The molecule has 0 spiro atoms. The predicted molar refractivity (Wildman–Crippen MR) is 69.4 cm³/mol. The number of hydrogen-bond acceptors (Lipinski definition) is 6. The van der Waals surface area contributed by atoms with E-state index in [4.69, 9.17) is 5.73 Å². The van der Waals surface area contributed by atoms with E-state index in [0.717, 1.165) is 5.69 Å². The first-order chi connectivity index (χ1) is 8.99. The van der Waals surface area contributed by atoms with E-state index in [0.29, 0.717) is 5.69 Å². The molecule has 0 aliphatic carbocycles. The van der Waals surface area contributed by atoms with Crippen LogP contribution in [-0.2, 0) is 16.6 Å². The summed E-state index contributed by atoms with van der Waals surface area (Å²) in [5.41, 5.74) is 6.97. The molecule has 0 saturated heterocycles. The first-order valence-corrected chi connectivity index (χ1v) is 6.95. The van der Waals surface area contributed by atoms with Crippen LogP contribution in [0.2, 0.25) is 0 Å². The molecule has 0 unspecified atom stereocenters. The van der Waals surface area contributed by atoms with Crippen LogP contribution in [0.25, 0.3) is 0 Å². The molecule has 0 saturated carbocycles. The molecule has 19 heavy (non-hydrogen) atoms. The number of nitrogens with one attached hydrogen (secondary N) is 1. The molecule has 2 aromatic rings. The number of aryl methyl sites for hydroxylation is 1. The van der Waals surface area contributed by atoms with Crippen LogP contribution in [0.4, 0.5) is 5.69 Å². The lowest BCUT2D eigenvalue weighted by molar-refractivity contribution is 0.577. The zero-order valence-electron chi connectivity index (χ0n) is 10.2. The summed E-state index contributed by atoms with van der Waals surface area (Å²) in [6.45, 7) is 1.83. The van der Waals surface area contributed by atoms with Gasteiger partial charge in [0.15, 0.2) is 5.03 Å². The topological polar surface area (TPSA) is 111 Å². The van der Waals surface area contributed by atoms with Gasteiger partial charge in [0.25, 0.3) is 10.0 Å². The van der Waals surface area contributed by atoms with Crippen molar-refractivity contribution in [3.63, 3.8) is 0 Å². The van der Waals surface area contributed by atoms with Crippen LogP contribution in [0.5, 0.6) is 0 Å². The average molecular weight is 279 g/mol. The van der Waals surface area contributed by atoms with Gasteiger partial charge in [0.1, 0.15) is 0 Å². The molecule has 3 N–H and O–H groups in total. The van der Waals surface area contributed by atoms with Crippen molar-refractivity contribution in [1.29, 1.82) is 0 Å². The van der Waals surface area contributed by atoms with Crippen LogP contribution in [0, 0.1) is 6.92 Å². The number of sulfonamides is 1. The largest absolute Gasteiger partial charge is 0.396 e. The molecule has 0 amide bonds. The summed E-state index contributed by atoms with van der Waals surface area (Å²) < 4.78 is 26.4. The maximum Gasteiger partial charge on any atom is 0.260 e. The van der Waals surface area contributed by atoms with Crippen molar-refractivity contribution >= 4 is 15.7 Å². The highest BCUT2D eigenvalue weighted by atomic mass is 32.2. The minimum absolute atomic E-state index is 0.0334. The number of nitrogen functional groups attached to an aromatic ring is 1. The maximum atomic E-state index is 12.0. The van der Waals surface area contributed by atoms with Crippen molar-refractivity contribution < 1.29 is 8.42 Å². The van der Waals surface area contributed by atoms with Crippen molar-refractivity contribution in [1.82, 2.24) is 19.7 Å². The van der Waals surface area contributed by atoms with Crippen molar-refractivity contribution in [2.24, 2.45) is 0 Å². The molecule has 0 atom stereocenters. The quantitative estimate of drug-likeness (QED) is 0.829. The molecule has 2 aromatic heterocycles. The van der Waals surface area contributed by atoms with E-state index in [1.54, 1.807) is 19.2 Å². The molecule has 2 rings (SSSR count). The first-order valence-electron chi connectivity index (χ1n) is 5.47. The van der Waals surface area contributed by atoms with Gasteiger partial charge in [0, 0.05) is 12.4 Å². The Morgan fingerprint density at radius 1 is 1.26 bits per heavy atom. The molecule has 0 aliphatic heterocycles. The van der Waals surface area contributed by atoms with Crippen molar-refractivity contribution in [3.8, 4) is 0 Å². The van der Waals surface area contributed by atoms with Crippen LogP contribution in [0.3, 0.4) is 0 Å². The SMILES string of the molecule is Cc1cnc(CNS(=O)(=O)c2ncccc2N)cn1. The molecule has 0 bridgehead atoms. The lowest BCUT2D eigenvalue weighted by Crippen LogP contribution is -2.25. The van der Waals surface area contributed by atoms with E-state index in [1.165, 1.54) is 18.5 Å². The van der Waals surface area contributed by atoms with E-state index in [2.05, 4.69) is 19.7 Å². The van der Waals surface area contributed by atoms with Crippen LogP contribution < -0.4 is 10.5 Å². The second-order valence-electron chi connectivity index (χ2n) is 3.87. The predicted octanol–water partition coefficient (Wildman–Crippen LogP) is 0.241. The van der Waals surface area contributed by atoms with Crippen molar-refractivity contribution in [2.75, 3.05) is 5.73 Å². The standard InChI is InChI=1S/C11H13N5O2S/c1-8-5-15-9(6-14-8)7-16-19(17,18)11-10(12)3-2-4-13-11/h2-6,16H,7,12H2,1H3. The second-order valence-corrected chi connectivity index (χ2v) is 5.55. The molecular weight excluding hydrogens is 266 g/mol. The van der Waals surface area contributed by atoms with Crippen LogP contribution >= 0.6 is 0 Å². The summed E-state index contributed by atoms with van der Waals surface area (Å²) in [5, 5.41) is -0.185. The van der Waals surface area contributed by atoms with Gasteiger partial charge >= 0.3 is 0 Å². The zero-order valence-corrected chi connectivity index (χ0v) is 11.1. The Balaban J connectivity index is 2.14. The normalized spacial score (nSPS) is 11.4. The van der Waals surface area contributed by atoms with Gasteiger partial charge in [0.05, 0.1) is 29.8 Å². The minimum atomic E-state index is -3.75. The summed E-state index contributed by atoms with van der Waals surface area (Å²) in [7, 11) is -3.75. The summed E-state index contributed by atoms with van der Waals surface area (Å²) in [4.78, 5) is 11.9. The Kier molecular flexibility index (Phi) is 3.72. The highest BCUT2D eigenvalue weighted by Crippen LogP contribution is 2.13. The molecule has 0 aromatic carbocycles. The van der Waals surface area contributed by atoms with E-state index in [1.807, 2.05) is 0 Å². The summed E-state index contributed by atoms with van der Waals surface area (Å²) >= 11 is 0. The van der Waals surface area contributed by atoms with Gasteiger partial charge in [-0.15, -0.1) is 0 Å². The van der Waals surface area contributed by atoms with Gasteiger partial charge in [-0.2, -0.15) is 0 Å². The third-order valence-electron chi connectivity index (χ3n) is 2.33. The highest BCUT2D eigenvalue weighted by molar-refractivity contribution is 7.89. The zero-order chi connectivity index (χ0) is 13.9. The second kappa shape index (κ2) is 5.29.